The Kier molecular flexibility index (Phi) is 4.78. The molecule has 1 aromatic carbocycles. The van der Waals surface area contributed by atoms with Crippen LogP contribution in [0.5, 0.6) is 0 Å². The summed E-state index contributed by atoms with van der Waals surface area (Å²) in [6.45, 7) is 3.07. The van der Waals surface area contributed by atoms with Gasteiger partial charge in [0.2, 0.25) is 0 Å². The normalized spacial score (nSPS) is 18.4. The van der Waals surface area contributed by atoms with E-state index in [0.717, 1.165) is 41.8 Å². The quantitative estimate of drug-likeness (QED) is 0.776. The van der Waals surface area contributed by atoms with Gasteiger partial charge in [0, 0.05) is 30.5 Å². The maximum absolute atomic E-state index is 5.97. The number of nitrogens with zero attached hydrogens (tertiary/aromatic N) is 3. The van der Waals surface area contributed by atoms with Gasteiger partial charge in [-0.2, -0.15) is 0 Å². The molecule has 0 aliphatic carbocycles. The lowest BCUT2D eigenvalue weighted by molar-refractivity contribution is -0.0156. The molecule has 1 fully saturated rings. The monoisotopic (exact) mass is 354 g/mol. The second kappa shape index (κ2) is 7.35. The number of ether oxygens (including phenoxy) is 1. The smallest absolute Gasteiger partial charge is 0.126 e. The summed E-state index contributed by atoms with van der Waals surface area (Å²) in [7, 11) is 0. The summed E-state index contributed by atoms with van der Waals surface area (Å²) in [6, 6.07) is 11.9. The molecule has 0 saturated carbocycles. The molecule has 3 aromatic rings. The molecule has 1 saturated heterocycles. The van der Waals surface area contributed by atoms with Crippen molar-refractivity contribution in [2.45, 2.75) is 12.6 Å². The highest BCUT2D eigenvalue weighted by atomic mass is 35.5. The Morgan fingerprint density at radius 3 is 2.88 bits per heavy atom. The van der Waals surface area contributed by atoms with E-state index in [1.807, 2.05) is 42.7 Å². The average molecular weight is 355 g/mol. The van der Waals surface area contributed by atoms with Crippen LogP contribution in [-0.4, -0.2) is 39.6 Å². The van der Waals surface area contributed by atoms with Gasteiger partial charge >= 0.3 is 0 Å². The molecule has 1 atom stereocenters. The van der Waals surface area contributed by atoms with Crippen molar-refractivity contribution in [3.05, 3.63) is 71.4 Å². The van der Waals surface area contributed by atoms with Gasteiger partial charge in [-0.1, -0.05) is 29.8 Å². The Balaban J connectivity index is 1.55. The van der Waals surface area contributed by atoms with Crippen LogP contribution in [0.2, 0.25) is 5.02 Å². The van der Waals surface area contributed by atoms with E-state index in [9.17, 15) is 0 Å². The van der Waals surface area contributed by atoms with Crippen molar-refractivity contribution in [3.8, 4) is 11.3 Å². The Hall–Kier alpha value is -2.21. The van der Waals surface area contributed by atoms with Gasteiger partial charge < -0.3 is 9.72 Å². The van der Waals surface area contributed by atoms with Crippen molar-refractivity contribution in [1.82, 2.24) is 19.9 Å². The van der Waals surface area contributed by atoms with Crippen LogP contribution in [0, 0.1) is 0 Å². The first kappa shape index (κ1) is 16.3. The Morgan fingerprint density at radius 1 is 1.20 bits per heavy atom. The van der Waals surface area contributed by atoms with Crippen LogP contribution in [0.3, 0.4) is 0 Å². The number of imidazole rings is 1. The summed E-state index contributed by atoms with van der Waals surface area (Å²) in [4.78, 5) is 14.6. The third-order valence-corrected chi connectivity index (χ3v) is 4.67. The third-order valence-electron chi connectivity index (χ3n) is 4.41. The van der Waals surface area contributed by atoms with Gasteiger partial charge in [-0.25, -0.2) is 4.98 Å². The first-order valence-electron chi connectivity index (χ1n) is 8.31. The predicted molar refractivity (Wildman–Crippen MR) is 97.2 cm³/mol. The van der Waals surface area contributed by atoms with E-state index in [1.165, 1.54) is 5.56 Å². The molecule has 2 aromatic heterocycles. The van der Waals surface area contributed by atoms with Gasteiger partial charge in [0.25, 0.3) is 0 Å². The number of aromatic amines is 1. The number of hydrogen-bond donors (Lipinski definition) is 1. The Morgan fingerprint density at radius 2 is 2.08 bits per heavy atom. The predicted octanol–water partition coefficient (Wildman–Crippen LogP) is 3.70. The van der Waals surface area contributed by atoms with E-state index in [0.29, 0.717) is 6.61 Å². The summed E-state index contributed by atoms with van der Waals surface area (Å²) in [5.41, 5.74) is 3.25. The Bertz CT molecular complexity index is 819. The molecule has 25 heavy (non-hydrogen) atoms. The molecule has 0 radical (unpaired) electrons. The molecule has 5 nitrogen and oxygen atoms in total. The lowest BCUT2D eigenvalue weighted by Gasteiger charge is -2.34. The van der Waals surface area contributed by atoms with Crippen molar-refractivity contribution in [2.24, 2.45) is 0 Å². The van der Waals surface area contributed by atoms with Gasteiger partial charge in [-0.05, 0) is 29.3 Å². The third kappa shape index (κ3) is 3.74. The number of nitrogens with one attached hydrogen (secondary N) is 1. The van der Waals surface area contributed by atoms with Crippen LogP contribution < -0.4 is 0 Å². The zero-order chi connectivity index (χ0) is 17.1. The molecular formula is C19H19ClN4O. The molecule has 0 amide bonds. The molecule has 3 heterocycles. The molecular weight excluding hydrogens is 336 g/mol. The highest BCUT2D eigenvalue weighted by Gasteiger charge is 2.27. The number of aromatic nitrogens is 3. The zero-order valence-corrected chi connectivity index (χ0v) is 14.5. The number of benzene rings is 1. The van der Waals surface area contributed by atoms with Crippen molar-refractivity contribution in [3.63, 3.8) is 0 Å². The van der Waals surface area contributed by atoms with Crippen molar-refractivity contribution in [1.29, 1.82) is 0 Å². The topological polar surface area (TPSA) is 54.0 Å². The number of morpholine rings is 1. The van der Waals surface area contributed by atoms with Crippen LogP contribution in [0.15, 0.2) is 55.0 Å². The van der Waals surface area contributed by atoms with Crippen LogP contribution >= 0.6 is 11.6 Å². The minimum absolute atomic E-state index is 0.106. The summed E-state index contributed by atoms with van der Waals surface area (Å²) < 4.78 is 5.70. The lowest BCUT2D eigenvalue weighted by Crippen LogP contribution is -2.39. The van der Waals surface area contributed by atoms with Gasteiger partial charge in [0.15, 0.2) is 0 Å². The maximum atomic E-state index is 5.97. The van der Waals surface area contributed by atoms with Gasteiger partial charge in [-0.15, -0.1) is 0 Å². The first-order valence-corrected chi connectivity index (χ1v) is 8.69. The first-order chi connectivity index (χ1) is 12.3. The van der Waals surface area contributed by atoms with Crippen LogP contribution in [0.1, 0.15) is 17.4 Å². The van der Waals surface area contributed by atoms with E-state index in [-0.39, 0.29) is 6.04 Å². The number of H-pyrrole nitrogens is 1. The van der Waals surface area contributed by atoms with Crippen LogP contribution in [0.4, 0.5) is 0 Å². The second-order valence-electron chi connectivity index (χ2n) is 6.11. The summed E-state index contributed by atoms with van der Waals surface area (Å²) >= 11 is 5.97. The minimum Gasteiger partial charge on any atom is -0.378 e. The number of pyridine rings is 1. The highest BCUT2D eigenvalue weighted by molar-refractivity contribution is 6.30. The zero-order valence-electron chi connectivity index (χ0n) is 13.7. The SMILES string of the molecule is Clc1ccc(-c2cnc([C@@H]3COCCN3Cc3cccnc3)[nH]2)cc1. The number of halogens is 1. The molecule has 0 bridgehead atoms. The molecule has 4 rings (SSSR count). The summed E-state index contributed by atoms with van der Waals surface area (Å²) in [5, 5.41) is 0.729. The van der Waals surface area contributed by atoms with Crippen molar-refractivity contribution < 1.29 is 4.74 Å². The van der Waals surface area contributed by atoms with E-state index in [1.54, 1.807) is 6.20 Å². The van der Waals surface area contributed by atoms with E-state index in [2.05, 4.69) is 25.9 Å². The largest absolute Gasteiger partial charge is 0.378 e. The molecule has 0 spiro atoms. The van der Waals surface area contributed by atoms with Gasteiger partial charge in [0.1, 0.15) is 5.82 Å². The molecule has 1 aliphatic heterocycles. The minimum atomic E-state index is 0.106. The fourth-order valence-electron chi connectivity index (χ4n) is 3.09. The number of hydrogen-bond acceptors (Lipinski definition) is 4. The average Bonchev–Trinajstić information content (AvgIpc) is 3.14. The van der Waals surface area contributed by atoms with Crippen LogP contribution in [0.25, 0.3) is 11.3 Å². The van der Waals surface area contributed by atoms with E-state index >= 15 is 0 Å². The fraction of sp³-hybridized carbons (Fsp3) is 0.263. The molecule has 0 unspecified atom stereocenters. The standard InChI is InChI=1S/C19H19ClN4O/c20-16-5-3-15(4-6-16)17-11-22-19(23-17)18-13-25-9-8-24(18)12-14-2-1-7-21-10-14/h1-7,10-11,18H,8-9,12-13H2,(H,22,23)/t18-/m0/s1. The summed E-state index contributed by atoms with van der Waals surface area (Å²) in [6.07, 6.45) is 5.58. The second-order valence-corrected chi connectivity index (χ2v) is 6.55. The van der Waals surface area contributed by atoms with Gasteiger partial charge in [0.05, 0.1) is 31.1 Å². The van der Waals surface area contributed by atoms with Crippen molar-refractivity contribution >= 4 is 11.6 Å². The number of rotatable bonds is 4. The lowest BCUT2D eigenvalue weighted by atomic mass is 10.1. The fourth-order valence-corrected chi connectivity index (χ4v) is 3.21. The van der Waals surface area contributed by atoms with Crippen LogP contribution in [-0.2, 0) is 11.3 Å². The van der Waals surface area contributed by atoms with E-state index < -0.39 is 0 Å². The maximum Gasteiger partial charge on any atom is 0.126 e. The molecule has 1 N–H and O–H groups in total. The van der Waals surface area contributed by atoms with Crippen molar-refractivity contribution in [2.75, 3.05) is 19.8 Å². The molecule has 128 valence electrons. The molecule has 6 heteroatoms. The van der Waals surface area contributed by atoms with Gasteiger partial charge in [-0.3, -0.25) is 9.88 Å². The van der Waals surface area contributed by atoms with E-state index in [4.69, 9.17) is 16.3 Å². The highest BCUT2D eigenvalue weighted by Crippen LogP contribution is 2.27. The summed E-state index contributed by atoms with van der Waals surface area (Å²) in [5.74, 6) is 0.925. The Labute approximate surface area is 151 Å². The molecule has 1 aliphatic rings.